The SMILES string of the molecule is COc1cc2cc3ccc4c5cc6c(cc(OC)n6C)cc5ccc4c3cc2n1C. The zero-order valence-electron chi connectivity index (χ0n) is 17.5. The Labute approximate surface area is 173 Å². The molecule has 0 radical (unpaired) electrons. The Morgan fingerprint density at radius 3 is 1.33 bits per heavy atom. The fourth-order valence-corrected chi connectivity index (χ4v) is 4.88. The molecule has 6 aromatic rings. The highest BCUT2D eigenvalue weighted by molar-refractivity contribution is 6.20. The molecule has 6 rings (SSSR count). The Balaban J connectivity index is 1.73. The first-order valence-corrected chi connectivity index (χ1v) is 10.0. The number of nitrogens with zero attached hydrogens (tertiary/aromatic N) is 2. The lowest BCUT2D eigenvalue weighted by Crippen LogP contribution is -1.93. The van der Waals surface area contributed by atoms with Crippen LogP contribution in [0.2, 0.25) is 0 Å². The first-order chi connectivity index (χ1) is 14.6. The van der Waals surface area contributed by atoms with E-state index in [2.05, 4.69) is 69.8 Å². The van der Waals surface area contributed by atoms with Crippen LogP contribution in [0.4, 0.5) is 0 Å². The maximum absolute atomic E-state index is 5.52. The van der Waals surface area contributed by atoms with Gasteiger partial charge in [0.05, 0.1) is 25.3 Å². The normalized spacial score (nSPS) is 12.0. The van der Waals surface area contributed by atoms with Crippen LogP contribution in [0.1, 0.15) is 0 Å². The molecule has 0 atom stereocenters. The summed E-state index contributed by atoms with van der Waals surface area (Å²) in [7, 11) is 7.53. The zero-order valence-corrected chi connectivity index (χ0v) is 17.5. The summed E-state index contributed by atoms with van der Waals surface area (Å²) in [6, 6.07) is 22.2. The van der Waals surface area contributed by atoms with Crippen LogP contribution in [-0.4, -0.2) is 23.4 Å². The van der Waals surface area contributed by atoms with Crippen LogP contribution in [0.3, 0.4) is 0 Å². The summed E-state index contributed by atoms with van der Waals surface area (Å²) in [5, 5.41) is 9.92. The van der Waals surface area contributed by atoms with Crippen molar-refractivity contribution in [3.63, 3.8) is 0 Å². The third-order valence-corrected chi connectivity index (χ3v) is 6.49. The van der Waals surface area contributed by atoms with Gasteiger partial charge in [-0.2, -0.15) is 0 Å². The fourth-order valence-electron chi connectivity index (χ4n) is 4.88. The van der Waals surface area contributed by atoms with Crippen molar-refractivity contribution >= 4 is 54.1 Å². The molecule has 0 fully saturated rings. The number of benzene rings is 4. The highest BCUT2D eigenvalue weighted by Crippen LogP contribution is 2.37. The molecule has 0 bridgehead atoms. The van der Waals surface area contributed by atoms with Crippen LogP contribution in [0.25, 0.3) is 54.1 Å². The van der Waals surface area contributed by atoms with Gasteiger partial charge in [-0.3, -0.25) is 0 Å². The molecule has 0 aliphatic rings. The summed E-state index contributed by atoms with van der Waals surface area (Å²) >= 11 is 0. The molecule has 0 unspecified atom stereocenters. The van der Waals surface area contributed by atoms with Crippen molar-refractivity contribution in [3.05, 3.63) is 60.7 Å². The van der Waals surface area contributed by atoms with Crippen LogP contribution in [0, 0.1) is 0 Å². The zero-order chi connectivity index (χ0) is 20.6. The van der Waals surface area contributed by atoms with E-state index in [-0.39, 0.29) is 0 Å². The number of methoxy groups -OCH3 is 2. The second-order valence-corrected chi connectivity index (χ2v) is 7.98. The molecule has 2 heterocycles. The molecule has 30 heavy (non-hydrogen) atoms. The van der Waals surface area contributed by atoms with Crippen molar-refractivity contribution in [1.82, 2.24) is 9.13 Å². The van der Waals surface area contributed by atoms with Gasteiger partial charge in [-0.25, -0.2) is 0 Å². The molecular weight excluding hydrogens is 372 g/mol. The number of aryl methyl sites for hydroxylation is 2. The molecule has 0 N–H and O–H groups in total. The molecule has 4 heteroatoms. The molecule has 0 aliphatic heterocycles. The van der Waals surface area contributed by atoms with Crippen LogP contribution in [-0.2, 0) is 14.1 Å². The predicted octanol–water partition coefficient (Wildman–Crippen LogP) is 6.15. The van der Waals surface area contributed by atoms with Gasteiger partial charge in [-0.15, -0.1) is 0 Å². The van der Waals surface area contributed by atoms with Crippen molar-refractivity contribution in [2.45, 2.75) is 0 Å². The Hall–Kier alpha value is -3.66. The number of hydrogen-bond donors (Lipinski definition) is 0. The summed E-state index contributed by atoms with van der Waals surface area (Å²) < 4.78 is 15.2. The molecule has 0 spiro atoms. The molecule has 0 amide bonds. The predicted molar refractivity (Wildman–Crippen MR) is 125 cm³/mol. The van der Waals surface area contributed by atoms with Crippen molar-refractivity contribution in [2.75, 3.05) is 14.2 Å². The molecule has 4 nitrogen and oxygen atoms in total. The van der Waals surface area contributed by atoms with Crippen molar-refractivity contribution in [2.24, 2.45) is 14.1 Å². The molecule has 0 aliphatic carbocycles. The van der Waals surface area contributed by atoms with E-state index in [0.29, 0.717) is 0 Å². The number of aromatic nitrogens is 2. The molecule has 0 saturated carbocycles. The standard InChI is InChI=1S/C26H22N2O2/c1-27-23-13-21-15(9-17(23)11-25(27)29-3)5-8-20-19(21)7-6-16-10-18-12-26(30-4)28(2)24(18)14-22(16)20/h5-14H,1-4H3. The van der Waals surface area contributed by atoms with E-state index >= 15 is 0 Å². The van der Waals surface area contributed by atoms with Crippen LogP contribution in [0.15, 0.2) is 60.7 Å². The fraction of sp³-hybridized carbons (Fsp3) is 0.154. The van der Waals surface area contributed by atoms with E-state index in [0.717, 1.165) is 11.8 Å². The third kappa shape index (κ3) is 2.16. The Morgan fingerprint density at radius 1 is 0.500 bits per heavy atom. The lowest BCUT2D eigenvalue weighted by Gasteiger charge is -2.10. The number of rotatable bonds is 2. The monoisotopic (exact) mass is 394 g/mol. The Kier molecular flexibility index (Phi) is 3.40. The van der Waals surface area contributed by atoms with Crippen molar-refractivity contribution in [1.29, 1.82) is 0 Å². The molecule has 2 aromatic heterocycles. The maximum Gasteiger partial charge on any atom is 0.193 e. The molecule has 0 saturated heterocycles. The van der Waals surface area contributed by atoms with E-state index in [4.69, 9.17) is 9.47 Å². The summed E-state index contributed by atoms with van der Waals surface area (Å²) in [5.41, 5.74) is 2.35. The van der Waals surface area contributed by atoms with Gasteiger partial charge in [-0.05, 0) is 56.6 Å². The van der Waals surface area contributed by atoms with E-state index in [9.17, 15) is 0 Å². The highest BCUT2D eigenvalue weighted by atomic mass is 16.5. The van der Waals surface area contributed by atoms with E-state index in [1.807, 2.05) is 14.1 Å². The number of hydrogen-bond acceptors (Lipinski definition) is 2. The van der Waals surface area contributed by atoms with Gasteiger partial charge in [0.25, 0.3) is 0 Å². The average molecular weight is 394 g/mol. The first-order valence-electron chi connectivity index (χ1n) is 10.0. The second kappa shape index (κ2) is 5.92. The van der Waals surface area contributed by atoms with Gasteiger partial charge in [0.2, 0.25) is 0 Å². The minimum Gasteiger partial charge on any atom is -0.482 e. The van der Waals surface area contributed by atoms with Gasteiger partial charge in [0.1, 0.15) is 0 Å². The first kappa shape index (κ1) is 17.2. The summed E-state index contributed by atoms with van der Waals surface area (Å²) in [4.78, 5) is 0. The van der Waals surface area contributed by atoms with E-state index in [1.54, 1.807) is 14.2 Å². The van der Waals surface area contributed by atoms with Crippen LogP contribution < -0.4 is 9.47 Å². The summed E-state index contributed by atoms with van der Waals surface area (Å²) in [6.07, 6.45) is 0. The quantitative estimate of drug-likeness (QED) is 0.330. The van der Waals surface area contributed by atoms with Crippen molar-refractivity contribution in [3.8, 4) is 11.8 Å². The van der Waals surface area contributed by atoms with Crippen LogP contribution in [0.5, 0.6) is 11.8 Å². The highest BCUT2D eigenvalue weighted by Gasteiger charge is 2.12. The number of fused-ring (bicyclic) bond motifs is 7. The smallest absolute Gasteiger partial charge is 0.193 e. The summed E-state index contributed by atoms with van der Waals surface area (Å²) in [6.45, 7) is 0. The van der Waals surface area contributed by atoms with Crippen LogP contribution >= 0.6 is 0 Å². The largest absolute Gasteiger partial charge is 0.482 e. The average Bonchev–Trinajstić information content (AvgIpc) is 3.26. The Bertz CT molecular complexity index is 1510. The van der Waals surface area contributed by atoms with E-state index in [1.165, 1.54) is 54.1 Å². The van der Waals surface area contributed by atoms with E-state index < -0.39 is 0 Å². The molecule has 4 aromatic carbocycles. The Morgan fingerprint density at radius 2 is 0.933 bits per heavy atom. The van der Waals surface area contributed by atoms with Crippen molar-refractivity contribution < 1.29 is 9.47 Å². The lowest BCUT2D eigenvalue weighted by molar-refractivity contribution is 0.384. The van der Waals surface area contributed by atoms with Gasteiger partial charge in [0.15, 0.2) is 11.8 Å². The minimum absolute atomic E-state index is 0.870. The number of ether oxygens (including phenoxy) is 2. The molecular formula is C26H22N2O2. The topological polar surface area (TPSA) is 28.3 Å². The third-order valence-electron chi connectivity index (χ3n) is 6.49. The second-order valence-electron chi connectivity index (χ2n) is 7.98. The summed E-state index contributed by atoms with van der Waals surface area (Å²) in [5.74, 6) is 1.74. The minimum atomic E-state index is 0.870. The van der Waals surface area contributed by atoms with Gasteiger partial charge in [0, 0.05) is 37.0 Å². The van der Waals surface area contributed by atoms with Gasteiger partial charge in [-0.1, -0.05) is 24.3 Å². The lowest BCUT2D eigenvalue weighted by atomic mass is 9.95. The molecule has 148 valence electrons. The van der Waals surface area contributed by atoms with Gasteiger partial charge >= 0.3 is 0 Å². The maximum atomic E-state index is 5.52. The van der Waals surface area contributed by atoms with Gasteiger partial charge < -0.3 is 18.6 Å².